The van der Waals surface area contributed by atoms with E-state index in [1.807, 2.05) is 0 Å². The molecule has 1 heterocycles. The molecule has 4 nitrogen and oxygen atoms in total. The highest BCUT2D eigenvalue weighted by molar-refractivity contribution is 9.10. The predicted molar refractivity (Wildman–Crippen MR) is 104 cm³/mol. The van der Waals surface area contributed by atoms with Gasteiger partial charge in [-0.3, -0.25) is 10.2 Å². The van der Waals surface area contributed by atoms with Crippen LogP contribution in [0.15, 0.2) is 33.3 Å². The molecular formula is C18H27BrN3OS+. The quantitative estimate of drug-likeness (QED) is 0.475. The molecule has 2 rings (SSSR count). The summed E-state index contributed by atoms with van der Waals surface area (Å²) in [7, 11) is 0. The van der Waals surface area contributed by atoms with Crippen molar-refractivity contribution in [1.29, 1.82) is 0 Å². The molecule has 6 heteroatoms. The zero-order valence-electron chi connectivity index (χ0n) is 14.7. The number of benzene rings is 1. The van der Waals surface area contributed by atoms with E-state index in [0.717, 1.165) is 34.6 Å². The lowest BCUT2D eigenvalue weighted by Gasteiger charge is -2.23. The highest BCUT2D eigenvalue weighted by Crippen LogP contribution is 2.28. The van der Waals surface area contributed by atoms with E-state index in [0.29, 0.717) is 5.75 Å². The minimum absolute atomic E-state index is 0.00389. The Hall–Kier alpha value is -0.980. The Morgan fingerprint density at radius 2 is 2.12 bits per heavy atom. The fraction of sp³-hybridized carbons (Fsp3) is 0.500. The molecule has 0 fully saturated rings. The zero-order chi connectivity index (χ0) is 17.5. The fourth-order valence-electron chi connectivity index (χ4n) is 2.72. The monoisotopic (exact) mass is 412 g/mol. The van der Waals surface area contributed by atoms with Gasteiger partial charge < -0.3 is 10.3 Å². The maximum Gasteiger partial charge on any atom is 0.248 e. The summed E-state index contributed by atoms with van der Waals surface area (Å²) in [6, 6.07) is 4.23. The molecule has 1 aromatic rings. The molecule has 0 aliphatic carbocycles. The third-order valence-electron chi connectivity index (χ3n) is 4.17. The molecule has 1 amide bonds. The van der Waals surface area contributed by atoms with Gasteiger partial charge in [-0.25, -0.2) is 0 Å². The van der Waals surface area contributed by atoms with Gasteiger partial charge in [-0.15, -0.1) is 11.8 Å². The van der Waals surface area contributed by atoms with Crippen molar-refractivity contribution in [2.45, 2.75) is 38.5 Å². The number of nitrogens with one attached hydrogen (secondary N) is 3. The topological polar surface area (TPSA) is 45.6 Å². The van der Waals surface area contributed by atoms with Gasteiger partial charge in [0.25, 0.3) is 0 Å². The highest BCUT2D eigenvalue weighted by atomic mass is 79.9. The lowest BCUT2D eigenvalue weighted by molar-refractivity contribution is -0.895. The van der Waals surface area contributed by atoms with Crippen LogP contribution >= 0.6 is 27.7 Å². The first-order valence-corrected chi connectivity index (χ1v) is 10.2. The molecule has 1 aliphatic heterocycles. The van der Waals surface area contributed by atoms with E-state index in [4.69, 9.17) is 0 Å². The largest absolute Gasteiger partial charge is 0.331 e. The number of thioether (sulfide) groups is 1. The molecule has 24 heavy (non-hydrogen) atoms. The maximum absolute atomic E-state index is 12.1. The maximum atomic E-state index is 12.1. The van der Waals surface area contributed by atoms with Crippen LogP contribution in [0.3, 0.4) is 0 Å². The smallest absolute Gasteiger partial charge is 0.248 e. The van der Waals surface area contributed by atoms with Crippen LogP contribution in [0.2, 0.25) is 0 Å². The molecule has 0 aromatic heterocycles. The molecule has 1 atom stereocenters. The summed E-state index contributed by atoms with van der Waals surface area (Å²) in [6.07, 6.45) is 4.41. The minimum atomic E-state index is 0.00389. The first kappa shape index (κ1) is 19.3. The molecule has 0 bridgehead atoms. The number of hydrogen-bond acceptors (Lipinski definition) is 3. The Balaban J connectivity index is 1.75. The number of quaternary nitrogens is 1. The summed E-state index contributed by atoms with van der Waals surface area (Å²) in [4.78, 5) is 14.8. The lowest BCUT2D eigenvalue weighted by Crippen LogP contribution is -3.12. The normalized spacial score (nSPS) is 17.3. The number of carbonyl (C=O) groups excluding carboxylic acids is 1. The van der Waals surface area contributed by atoms with Gasteiger partial charge in [0, 0.05) is 21.5 Å². The number of carbonyl (C=O) groups is 1. The first-order valence-electron chi connectivity index (χ1n) is 8.46. The Kier molecular flexibility index (Phi) is 7.65. The van der Waals surface area contributed by atoms with E-state index in [-0.39, 0.29) is 5.91 Å². The van der Waals surface area contributed by atoms with Crippen LogP contribution in [-0.4, -0.2) is 31.3 Å². The number of amides is 1. The Morgan fingerprint density at radius 1 is 1.33 bits per heavy atom. The minimum Gasteiger partial charge on any atom is -0.331 e. The summed E-state index contributed by atoms with van der Waals surface area (Å²) >= 11 is 5.11. The van der Waals surface area contributed by atoms with E-state index in [1.165, 1.54) is 24.1 Å². The van der Waals surface area contributed by atoms with Crippen LogP contribution in [-0.2, 0) is 4.79 Å². The van der Waals surface area contributed by atoms with Crippen molar-refractivity contribution >= 4 is 33.6 Å². The van der Waals surface area contributed by atoms with Gasteiger partial charge >= 0.3 is 0 Å². The summed E-state index contributed by atoms with van der Waals surface area (Å²) in [5.41, 5.74) is 9.41. The number of rotatable bonds is 7. The lowest BCUT2D eigenvalue weighted by atomic mass is 10.2. The predicted octanol–water partition coefficient (Wildman–Crippen LogP) is 2.36. The van der Waals surface area contributed by atoms with Crippen LogP contribution in [0.4, 0.5) is 0 Å². The number of hydrogen-bond donors (Lipinski definition) is 3. The molecule has 0 saturated carbocycles. The van der Waals surface area contributed by atoms with Gasteiger partial charge in [-0.05, 0) is 49.6 Å². The number of aryl methyl sites for hydroxylation is 2. The summed E-state index contributed by atoms with van der Waals surface area (Å²) in [5, 5.41) is 0. The highest BCUT2D eigenvalue weighted by Gasteiger charge is 2.14. The van der Waals surface area contributed by atoms with Gasteiger partial charge in [0.15, 0.2) is 0 Å². The molecular weight excluding hydrogens is 386 g/mol. The fourth-order valence-corrected chi connectivity index (χ4v) is 4.08. The molecule has 0 radical (unpaired) electrons. The van der Waals surface area contributed by atoms with Crippen molar-refractivity contribution in [3.63, 3.8) is 0 Å². The molecule has 0 saturated heterocycles. The third-order valence-corrected chi connectivity index (χ3v) is 6.18. The Labute approximate surface area is 157 Å². The van der Waals surface area contributed by atoms with Gasteiger partial charge in [-0.1, -0.05) is 22.9 Å². The van der Waals surface area contributed by atoms with E-state index >= 15 is 0 Å². The van der Waals surface area contributed by atoms with E-state index in [2.05, 4.69) is 65.8 Å². The van der Waals surface area contributed by atoms with Crippen LogP contribution < -0.4 is 15.8 Å². The summed E-state index contributed by atoms with van der Waals surface area (Å²) in [5.74, 6) is 0.416. The SMILES string of the molecule is CCC[NH+]1CC=C(NNC(=O)CSc2cc(C)c(Br)cc2C)CC1. The molecule has 0 spiro atoms. The van der Waals surface area contributed by atoms with Crippen molar-refractivity contribution in [3.8, 4) is 0 Å². The average Bonchev–Trinajstić information content (AvgIpc) is 2.56. The number of halogens is 1. The van der Waals surface area contributed by atoms with Crippen molar-refractivity contribution in [3.05, 3.63) is 39.5 Å². The first-order chi connectivity index (χ1) is 11.5. The van der Waals surface area contributed by atoms with Crippen molar-refractivity contribution in [1.82, 2.24) is 10.9 Å². The van der Waals surface area contributed by atoms with Gasteiger partial charge in [-0.2, -0.15) is 0 Å². The van der Waals surface area contributed by atoms with Crippen LogP contribution in [0, 0.1) is 13.8 Å². The second-order valence-electron chi connectivity index (χ2n) is 6.26. The molecule has 3 N–H and O–H groups in total. The second-order valence-corrected chi connectivity index (χ2v) is 8.13. The second kappa shape index (κ2) is 9.49. The van der Waals surface area contributed by atoms with E-state index in [1.54, 1.807) is 16.7 Å². The van der Waals surface area contributed by atoms with E-state index in [9.17, 15) is 4.79 Å². The van der Waals surface area contributed by atoms with Crippen molar-refractivity contribution < 1.29 is 9.69 Å². The number of hydrazine groups is 1. The molecule has 1 unspecified atom stereocenters. The standard InChI is InChI=1S/C18H26BrN3OS/c1-4-7-22-8-5-15(6-9-22)20-21-18(23)12-24-17-11-13(2)16(19)10-14(17)3/h5,10-11,20H,4,6-9,12H2,1-3H3,(H,21,23)/p+1. The van der Waals surface area contributed by atoms with Crippen LogP contribution in [0.25, 0.3) is 0 Å². The molecule has 1 aromatic carbocycles. The Morgan fingerprint density at radius 3 is 2.79 bits per heavy atom. The molecule has 132 valence electrons. The third kappa shape index (κ3) is 5.83. The van der Waals surface area contributed by atoms with Crippen LogP contribution in [0.5, 0.6) is 0 Å². The van der Waals surface area contributed by atoms with E-state index < -0.39 is 0 Å². The summed E-state index contributed by atoms with van der Waals surface area (Å²) in [6.45, 7) is 9.75. The van der Waals surface area contributed by atoms with Crippen LogP contribution in [0.1, 0.15) is 30.9 Å². The van der Waals surface area contributed by atoms with Gasteiger partial charge in [0.05, 0.1) is 25.4 Å². The average molecular weight is 413 g/mol. The van der Waals surface area contributed by atoms with Gasteiger partial charge in [0.2, 0.25) is 5.91 Å². The van der Waals surface area contributed by atoms with Crippen molar-refractivity contribution in [2.24, 2.45) is 0 Å². The van der Waals surface area contributed by atoms with Gasteiger partial charge in [0.1, 0.15) is 0 Å². The van der Waals surface area contributed by atoms with Crippen molar-refractivity contribution in [2.75, 3.05) is 25.4 Å². The zero-order valence-corrected chi connectivity index (χ0v) is 17.1. The molecule has 1 aliphatic rings. The summed E-state index contributed by atoms with van der Waals surface area (Å²) < 4.78 is 1.11. The Bertz CT molecular complexity index is 619.